The fourth-order valence-electron chi connectivity index (χ4n) is 4.35. The van der Waals surface area contributed by atoms with Crippen molar-refractivity contribution in [3.05, 3.63) is 30.0 Å². The summed E-state index contributed by atoms with van der Waals surface area (Å²) in [6, 6.07) is 8.26. The number of hydrogen-bond acceptors (Lipinski definition) is 6. The lowest BCUT2D eigenvalue weighted by Crippen LogP contribution is -2.09. The first-order chi connectivity index (χ1) is 18.2. The summed E-state index contributed by atoms with van der Waals surface area (Å²) in [6.45, 7) is 6.73. The topological polar surface area (TPSA) is 61.6 Å². The molecule has 0 fully saturated rings. The summed E-state index contributed by atoms with van der Waals surface area (Å²) in [6.07, 6.45) is 19.5. The fraction of sp³-hybridized carbons (Fsp3) is 0.677. The van der Waals surface area contributed by atoms with E-state index in [0.717, 1.165) is 11.3 Å². The van der Waals surface area contributed by atoms with Crippen molar-refractivity contribution in [2.24, 2.45) is 0 Å². The second-order valence-electron chi connectivity index (χ2n) is 9.64. The molecule has 1 heterocycles. The largest absolute Gasteiger partial charge is 0.466 e. The Kier molecular flexibility index (Phi) is 17.0. The highest BCUT2D eigenvalue weighted by molar-refractivity contribution is 7.99. The van der Waals surface area contributed by atoms with Gasteiger partial charge >= 0.3 is 11.9 Å². The van der Waals surface area contributed by atoms with Crippen LogP contribution in [-0.4, -0.2) is 29.9 Å². The van der Waals surface area contributed by atoms with E-state index < -0.39 is 0 Å². The molecule has 0 saturated carbocycles. The van der Waals surface area contributed by atoms with Crippen LogP contribution in [0.2, 0.25) is 0 Å². The molecule has 0 bridgehead atoms. The van der Waals surface area contributed by atoms with Gasteiger partial charge in [0.15, 0.2) is 0 Å². The van der Waals surface area contributed by atoms with Crippen LogP contribution in [0, 0.1) is 0 Å². The molecule has 0 unspecified atom stereocenters. The second-order valence-corrected chi connectivity index (χ2v) is 10.8. The van der Waals surface area contributed by atoms with E-state index in [1.807, 2.05) is 30.8 Å². The lowest BCUT2D eigenvalue weighted by atomic mass is 10.0. The number of nitrogens with zero attached hydrogens (tertiary/aromatic N) is 1. The first-order valence-corrected chi connectivity index (χ1v) is 15.7. The average molecular weight is 532 g/mol. The van der Waals surface area contributed by atoms with Crippen molar-refractivity contribution in [3.63, 3.8) is 0 Å². The molecule has 5 nitrogen and oxygen atoms in total. The van der Waals surface area contributed by atoms with Crippen LogP contribution in [-0.2, 0) is 16.0 Å². The van der Waals surface area contributed by atoms with Gasteiger partial charge in [-0.25, -0.2) is 4.98 Å². The van der Waals surface area contributed by atoms with Gasteiger partial charge in [-0.15, -0.1) is 11.8 Å². The van der Waals surface area contributed by atoms with E-state index in [9.17, 15) is 4.79 Å². The Morgan fingerprint density at radius 2 is 1.35 bits per heavy atom. The maximum absolute atomic E-state index is 11.9. The Labute approximate surface area is 229 Å². The van der Waals surface area contributed by atoms with E-state index in [1.165, 1.54) is 94.8 Å². The maximum atomic E-state index is 11.9. The lowest BCUT2D eigenvalue weighted by Gasteiger charge is -2.04. The standard InChI is InChI=1S/C31H49NO4S/c1-4-7-8-9-10-11-12-13-14-15-16-17-18-19-24-37-27-22-20-26(21-23-27)30-32-28(25-29(33)34-5-2)31(36-30)35-6-3/h20-23H,4-19,24-25H2,1-3H3. The van der Waals surface area contributed by atoms with Gasteiger partial charge in [-0.3, -0.25) is 4.79 Å². The number of rotatable bonds is 22. The van der Waals surface area contributed by atoms with Crippen LogP contribution in [0.15, 0.2) is 33.6 Å². The molecule has 2 rings (SSSR count). The summed E-state index contributed by atoms with van der Waals surface area (Å²) in [7, 11) is 0. The Bertz CT molecular complexity index is 849. The number of carbonyl (C=O) groups excluding carboxylic acids is 1. The van der Waals surface area contributed by atoms with Gasteiger partial charge in [0.1, 0.15) is 5.69 Å². The second kappa shape index (κ2) is 20.1. The van der Waals surface area contributed by atoms with Gasteiger partial charge in [0.05, 0.1) is 19.6 Å². The number of thioether (sulfide) groups is 1. The van der Waals surface area contributed by atoms with Crippen molar-refractivity contribution < 1.29 is 18.7 Å². The highest BCUT2D eigenvalue weighted by Gasteiger charge is 2.19. The van der Waals surface area contributed by atoms with E-state index >= 15 is 0 Å². The first-order valence-electron chi connectivity index (χ1n) is 14.7. The third-order valence-electron chi connectivity index (χ3n) is 6.42. The molecule has 0 radical (unpaired) electrons. The summed E-state index contributed by atoms with van der Waals surface area (Å²) in [4.78, 5) is 17.6. The van der Waals surface area contributed by atoms with E-state index in [1.54, 1.807) is 6.92 Å². The molecule has 0 aliphatic rings. The average Bonchev–Trinajstić information content (AvgIpc) is 3.29. The maximum Gasteiger partial charge on any atom is 0.312 e. The quantitative estimate of drug-likeness (QED) is 0.0856. The van der Waals surface area contributed by atoms with Crippen LogP contribution in [0.4, 0.5) is 0 Å². The molecule has 208 valence electrons. The number of hydrogen-bond donors (Lipinski definition) is 0. The van der Waals surface area contributed by atoms with Gasteiger partial charge in [-0.2, -0.15) is 0 Å². The Morgan fingerprint density at radius 3 is 1.89 bits per heavy atom. The molecule has 0 atom stereocenters. The molecule has 1 aromatic heterocycles. The monoisotopic (exact) mass is 531 g/mol. The molecule has 0 amide bonds. The summed E-state index contributed by atoms with van der Waals surface area (Å²) in [5.74, 6) is 1.57. The summed E-state index contributed by atoms with van der Waals surface area (Å²) in [5.41, 5.74) is 1.35. The molecular formula is C31H49NO4S. The van der Waals surface area contributed by atoms with Gasteiger partial charge in [0, 0.05) is 10.5 Å². The molecule has 0 spiro atoms. The highest BCUT2D eigenvalue weighted by atomic mass is 32.2. The van der Waals surface area contributed by atoms with E-state index in [4.69, 9.17) is 13.9 Å². The predicted molar refractivity (Wildman–Crippen MR) is 154 cm³/mol. The van der Waals surface area contributed by atoms with Crippen molar-refractivity contribution in [3.8, 4) is 17.4 Å². The fourth-order valence-corrected chi connectivity index (χ4v) is 5.26. The van der Waals surface area contributed by atoms with E-state index in [0.29, 0.717) is 30.7 Å². The van der Waals surface area contributed by atoms with Gasteiger partial charge in [-0.1, -0.05) is 90.4 Å². The smallest absolute Gasteiger partial charge is 0.312 e. The minimum Gasteiger partial charge on any atom is -0.466 e. The highest BCUT2D eigenvalue weighted by Crippen LogP contribution is 2.30. The van der Waals surface area contributed by atoms with Gasteiger partial charge < -0.3 is 13.9 Å². The van der Waals surface area contributed by atoms with Crippen LogP contribution >= 0.6 is 11.8 Å². The van der Waals surface area contributed by atoms with Crippen LogP contribution < -0.4 is 4.74 Å². The van der Waals surface area contributed by atoms with Crippen LogP contribution in [0.1, 0.15) is 116 Å². The zero-order valence-corrected chi connectivity index (χ0v) is 24.3. The van der Waals surface area contributed by atoms with Crippen molar-refractivity contribution in [1.82, 2.24) is 4.98 Å². The van der Waals surface area contributed by atoms with Crippen LogP contribution in [0.3, 0.4) is 0 Å². The number of benzene rings is 1. The van der Waals surface area contributed by atoms with Crippen molar-refractivity contribution in [2.45, 2.75) is 122 Å². The van der Waals surface area contributed by atoms with Crippen LogP contribution in [0.5, 0.6) is 5.95 Å². The minimum absolute atomic E-state index is 0.0415. The Balaban J connectivity index is 1.59. The van der Waals surface area contributed by atoms with Gasteiger partial charge in [-0.05, 0) is 50.3 Å². The normalized spacial score (nSPS) is 11.1. The van der Waals surface area contributed by atoms with Crippen molar-refractivity contribution in [2.75, 3.05) is 19.0 Å². The first kappa shape index (κ1) is 31.3. The number of aromatic nitrogens is 1. The van der Waals surface area contributed by atoms with Gasteiger partial charge in [0.25, 0.3) is 0 Å². The SMILES string of the molecule is CCCCCCCCCCCCCCCCSc1ccc(-c2nc(CC(=O)OCC)c(OCC)o2)cc1. The van der Waals surface area contributed by atoms with Crippen molar-refractivity contribution in [1.29, 1.82) is 0 Å². The summed E-state index contributed by atoms with van der Waals surface area (Å²) in [5, 5.41) is 0. The van der Waals surface area contributed by atoms with Crippen molar-refractivity contribution >= 4 is 17.7 Å². The number of ether oxygens (including phenoxy) is 2. The molecule has 0 N–H and O–H groups in total. The van der Waals surface area contributed by atoms with E-state index in [-0.39, 0.29) is 12.4 Å². The number of unbranched alkanes of at least 4 members (excludes halogenated alkanes) is 13. The summed E-state index contributed by atoms with van der Waals surface area (Å²) >= 11 is 1.90. The third-order valence-corrected chi connectivity index (χ3v) is 7.52. The number of esters is 1. The zero-order chi connectivity index (χ0) is 26.6. The molecule has 0 aliphatic heterocycles. The molecule has 1 aromatic carbocycles. The van der Waals surface area contributed by atoms with Crippen LogP contribution in [0.25, 0.3) is 11.5 Å². The number of carbonyl (C=O) groups is 1. The molecule has 0 aliphatic carbocycles. The molecule has 2 aromatic rings. The molecule has 0 saturated heterocycles. The zero-order valence-electron chi connectivity index (χ0n) is 23.5. The molecule has 37 heavy (non-hydrogen) atoms. The predicted octanol–water partition coefficient (Wildman–Crippen LogP) is 9.42. The Hall–Kier alpha value is -1.95. The lowest BCUT2D eigenvalue weighted by molar-refractivity contribution is -0.142. The molecular weight excluding hydrogens is 482 g/mol. The minimum atomic E-state index is -0.335. The molecule has 6 heteroatoms. The Morgan fingerprint density at radius 1 is 0.784 bits per heavy atom. The van der Waals surface area contributed by atoms with Gasteiger partial charge in [0.2, 0.25) is 5.89 Å². The summed E-state index contributed by atoms with van der Waals surface area (Å²) < 4.78 is 16.4. The van der Waals surface area contributed by atoms with E-state index in [2.05, 4.69) is 24.0 Å². The number of oxazole rings is 1. The third kappa shape index (κ3) is 13.4.